The summed E-state index contributed by atoms with van der Waals surface area (Å²) in [6.07, 6.45) is 1.92. The smallest absolute Gasteiger partial charge is 0.119 e. The van der Waals surface area contributed by atoms with E-state index in [9.17, 15) is 0 Å². The third-order valence-corrected chi connectivity index (χ3v) is 3.90. The van der Waals surface area contributed by atoms with Gasteiger partial charge in [-0.3, -0.25) is 0 Å². The highest BCUT2D eigenvalue weighted by molar-refractivity contribution is 7.99. The lowest BCUT2D eigenvalue weighted by atomic mass is 10.1. The van der Waals surface area contributed by atoms with Crippen molar-refractivity contribution in [3.8, 4) is 5.75 Å². The van der Waals surface area contributed by atoms with Crippen LogP contribution in [0.4, 0.5) is 0 Å². The predicted octanol–water partition coefficient (Wildman–Crippen LogP) is 3.52. The van der Waals surface area contributed by atoms with E-state index in [2.05, 4.69) is 29.4 Å². The summed E-state index contributed by atoms with van der Waals surface area (Å²) < 4.78 is 5.22. The molecule has 0 amide bonds. The Morgan fingerprint density at radius 2 is 2.11 bits per heavy atom. The summed E-state index contributed by atoms with van der Waals surface area (Å²) >= 11 is 1.63. The quantitative estimate of drug-likeness (QED) is 0.904. The molecule has 1 aromatic carbocycles. The van der Waals surface area contributed by atoms with E-state index in [1.54, 1.807) is 18.9 Å². The molecular weight excluding hydrogens is 256 g/mol. The standard InChI is InChI=1S/C15H18N2OS/c1-11(16-2)12-7-8-15(17-10-12)19-14-6-4-5-13(9-14)18-3/h4-11,16H,1-3H3. The molecule has 2 rings (SSSR count). The van der Waals surface area contributed by atoms with E-state index in [0.717, 1.165) is 15.7 Å². The number of benzene rings is 1. The van der Waals surface area contributed by atoms with Crippen molar-refractivity contribution in [2.24, 2.45) is 0 Å². The maximum Gasteiger partial charge on any atom is 0.119 e. The van der Waals surface area contributed by atoms with Gasteiger partial charge >= 0.3 is 0 Å². The van der Waals surface area contributed by atoms with Crippen LogP contribution in [0.2, 0.25) is 0 Å². The van der Waals surface area contributed by atoms with E-state index in [4.69, 9.17) is 4.74 Å². The van der Waals surface area contributed by atoms with E-state index in [1.165, 1.54) is 5.56 Å². The van der Waals surface area contributed by atoms with Crippen molar-refractivity contribution in [2.75, 3.05) is 14.2 Å². The third-order valence-electron chi connectivity index (χ3n) is 2.96. The van der Waals surface area contributed by atoms with Gasteiger partial charge in [0.05, 0.1) is 7.11 Å². The highest BCUT2D eigenvalue weighted by Crippen LogP contribution is 2.29. The van der Waals surface area contributed by atoms with Crippen LogP contribution in [0.1, 0.15) is 18.5 Å². The zero-order valence-electron chi connectivity index (χ0n) is 11.4. The van der Waals surface area contributed by atoms with Gasteiger partial charge in [-0.05, 0) is 43.8 Å². The topological polar surface area (TPSA) is 34.1 Å². The lowest BCUT2D eigenvalue weighted by Crippen LogP contribution is -2.12. The molecule has 0 saturated carbocycles. The lowest BCUT2D eigenvalue weighted by molar-refractivity contribution is 0.413. The minimum absolute atomic E-state index is 0.323. The molecule has 2 aromatic rings. The van der Waals surface area contributed by atoms with Crippen LogP contribution in [-0.4, -0.2) is 19.1 Å². The Morgan fingerprint density at radius 1 is 1.26 bits per heavy atom. The number of nitrogens with one attached hydrogen (secondary N) is 1. The molecule has 0 aliphatic rings. The number of aromatic nitrogens is 1. The Labute approximate surface area is 118 Å². The summed E-state index contributed by atoms with van der Waals surface area (Å²) in [4.78, 5) is 5.61. The van der Waals surface area contributed by atoms with Crippen LogP contribution in [0.15, 0.2) is 52.5 Å². The van der Waals surface area contributed by atoms with Crippen molar-refractivity contribution in [3.63, 3.8) is 0 Å². The van der Waals surface area contributed by atoms with Crippen LogP contribution in [0, 0.1) is 0 Å². The Kier molecular flexibility index (Phi) is 4.82. The Balaban J connectivity index is 2.10. The van der Waals surface area contributed by atoms with Crippen LogP contribution in [-0.2, 0) is 0 Å². The van der Waals surface area contributed by atoms with E-state index in [-0.39, 0.29) is 0 Å². The number of pyridine rings is 1. The van der Waals surface area contributed by atoms with Crippen LogP contribution < -0.4 is 10.1 Å². The molecule has 0 bridgehead atoms. The normalized spacial score (nSPS) is 12.2. The fraction of sp³-hybridized carbons (Fsp3) is 0.267. The predicted molar refractivity (Wildman–Crippen MR) is 78.8 cm³/mol. The number of ether oxygens (including phenoxy) is 1. The van der Waals surface area contributed by atoms with Crippen LogP contribution in [0.25, 0.3) is 0 Å². The molecule has 1 heterocycles. The number of methoxy groups -OCH3 is 1. The second-order valence-electron chi connectivity index (χ2n) is 4.22. The molecular formula is C15H18N2OS. The fourth-order valence-electron chi connectivity index (χ4n) is 1.66. The first-order chi connectivity index (χ1) is 9.22. The molecule has 19 heavy (non-hydrogen) atoms. The molecule has 1 atom stereocenters. The molecule has 100 valence electrons. The third kappa shape index (κ3) is 3.72. The summed E-state index contributed by atoms with van der Waals surface area (Å²) in [6.45, 7) is 2.12. The maximum absolute atomic E-state index is 5.22. The second-order valence-corrected chi connectivity index (χ2v) is 5.31. The van der Waals surface area contributed by atoms with Crippen molar-refractivity contribution >= 4 is 11.8 Å². The largest absolute Gasteiger partial charge is 0.497 e. The molecule has 1 N–H and O–H groups in total. The lowest BCUT2D eigenvalue weighted by Gasteiger charge is -2.10. The minimum atomic E-state index is 0.323. The molecule has 1 unspecified atom stereocenters. The monoisotopic (exact) mass is 274 g/mol. The summed E-state index contributed by atoms with van der Waals surface area (Å²) in [7, 11) is 3.62. The van der Waals surface area contributed by atoms with Gasteiger partial charge in [0.1, 0.15) is 10.8 Å². The van der Waals surface area contributed by atoms with Crippen LogP contribution in [0.5, 0.6) is 5.75 Å². The van der Waals surface area contributed by atoms with Gasteiger partial charge in [0.2, 0.25) is 0 Å². The summed E-state index contributed by atoms with van der Waals surface area (Å²) in [5.41, 5.74) is 1.19. The summed E-state index contributed by atoms with van der Waals surface area (Å²) in [5, 5.41) is 4.19. The Bertz CT molecular complexity index is 528. The first kappa shape index (κ1) is 13.9. The highest BCUT2D eigenvalue weighted by Gasteiger charge is 2.04. The van der Waals surface area contributed by atoms with E-state index >= 15 is 0 Å². The maximum atomic E-state index is 5.22. The molecule has 4 heteroatoms. The first-order valence-corrected chi connectivity index (χ1v) is 6.99. The molecule has 1 aromatic heterocycles. The minimum Gasteiger partial charge on any atom is -0.497 e. The van der Waals surface area contributed by atoms with Gasteiger partial charge in [0.25, 0.3) is 0 Å². The van der Waals surface area contributed by atoms with Crippen molar-refractivity contribution in [1.29, 1.82) is 0 Å². The first-order valence-electron chi connectivity index (χ1n) is 6.18. The summed E-state index contributed by atoms with van der Waals surface area (Å²) in [6, 6.07) is 12.5. The molecule has 0 spiro atoms. The van der Waals surface area contributed by atoms with Crippen LogP contribution >= 0.6 is 11.8 Å². The fourth-order valence-corrected chi connectivity index (χ4v) is 2.47. The molecule has 3 nitrogen and oxygen atoms in total. The highest BCUT2D eigenvalue weighted by atomic mass is 32.2. The molecule has 0 saturated heterocycles. The SMILES string of the molecule is CNC(C)c1ccc(Sc2cccc(OC)c2)nc1. The number of hydrogen-bond donors (Lipinski definition) is 1. The van der Waals surface area contributed by atoms with Crippen molar-refractivity contribution < 1.29 is 4.74 Å². The average Bonchev–Trinajstić information content (AvgIpc) is 2.47. The molecule has 0 aliphatic carbocycles. The zero-order valence-corrected chi connectivity index (χ0v) is 12.2. The van der Waals surface area contributed by atoms with Gasteiger partial charge in [-0.25, -0.2) is 4.98 Å². The molecule has 0 fully saturated rings. The van der Waals surface area contributed by atoms with Gasteiger partial charge in [-0.2, -0.15) is 0 Å². The Hall–Kier alpha value is -1.52. The van der Waals surface area contributed by atoms with Gasteiger partial charge in [-0.15, -0.1) is 0 Å². The van der Waals surface area contributed by atoms with E-state index in [1.807, 2.05) is 37.5 Å². The van der Waals surface area contributed by atoms with E-state index in [0.29, 0.717) is 6.04 Å². The molecule has 0 aliphatic heterocycles. The van der Waals surface area contributed by atoms with Crippen molar-refractivity contribution in [3.05, 3.63) is 48.2 Å². The van der Waals surface area contributed by atoms with Crippen molar-refractivity contribution in [1.82, 2.24) is 10.3 Å². The van der Waals surface area contributed by atoms with Gasteiger partial charge in [0, 0.05) is 17.1 Å². The average molecular weight is 274 g/mol. The van der Waals surface area contributed by atoms with Crippen molar-refractivity contribution in [2.45, 2.75) is 22.9 Å². The number of nitrogens with zero attached hydrogens (tertiary/aromatic N) is 1. The number of rotatable bonds is 5. The Morgan fingerprint density at radius 3 is 2.74 bits per heavy atom. The van der Waals surface area contributed by atoms with Gasteiger partial charge < -0.3 is 10.1 Å². The number of hydrogen-bond acceptors (Lipinski definition) is 4. The zero-order chi connectivity index (χ0) is 13.7. The summed E-state index contributed by atoms with van der Waals surface area (Å²) in [5.74, 6) is 0.866. The van der Waals surface area contributed by atoms with Gasteiger partial charge in [0.15, 0.2) is 0 Å². The second kappa shape index (κ2) is 6.59. The van der Waals surface area contributed by atoms with Crippen LogP contribution in [0.3, 0.4) is 0 Å². The molecule has 0 radical (unpaired) electrons. The van der Waals surface area contributed by atoms with Gasteiger partial charge in [-0.1, -0.05) is 23.9 Å². The van der Waals surface area contributed by atoms with E-state index < -0.39 is 0 Å².